The van der Waals surface area contributed by atoms with E-state index in [1.807, 2.05) is 19.9 Å². The molecule has 0 fully saturated rings. The lowest BCUT2D eigenvalue weighted by molar-refractivity contribution is 0.0683. The molecule has 0 aromatic carbocycles. The lowest BCUT2D eigenvalue weighted by Gasteiger charge is -2.15. The van der Waals surface area contributed by atoms with Crippen molar-refractivity contribution in [2.45, 2.75) is 45.1 Å². The van der Waals surface area contributed by atoms with Crippen molar-refractivity contribution in [2.75, 3.05) is 0 Å². The molecule has 0 aromatic rings. The van der Waals surface area contributed by atoms with E-state index in [1.54, 1.807) is 0 Å². The molecule has 0 bridgehead atoms. The quantitative estimate of drug-likeness (QED) is 0.462. The lowest BCUT2D eigenvalue weighted by Crippen LogP contribution is -2.17. The summed E-state index contributed by atoms with van der Waals surface area (Å²) in [6.45, 7) is 7.33. The molecule has 0 atom stereocenters. The summed E-state index contributed by atoms with van der Waals surface area (Å²) in [5.41, 5.74) is -0.485. The Hall–Kier alpha value is -0.300. The first-order valence-corrected chi connectivity index (χ1v) is 3.89. The zero-order valence-corrected chi connectivity index (χ0v) is 7.06. The topological polar surface area (TPSA) is 20.2 Å². The van der Waals surface area contributed by atoms with E-state index >= 15 is 0 Å². The Morgan fingerprint density at radius 1 is 1.40 bits per heavy atom. The molecule has 0 saturated heterocycles. The highest BCUT2D eigenvalue weighted by molar-refractivity contribution is 4.69. The van der Waals surface area contributed by atoms with Crippen LogP contribution in [0, 0.1) is 0 Å². The summed E-state index contributed by atoms with van der Waals surface area (Å²) in [5.74, 6) is 0. The minimum atomic E-state index is -0.485. The van der Waals surface area contributed by atoms with Crippen LogP contribution in [0.3, 0.4) is 0 Å². The second-order valence-electron chi connectivity index (χ2n) is 3.35. The first kappa shape index (κ1) is 9.70. The molecule has 0 aliphatic heterocycles. The summed E-state index contributed by atoms with van der Waals surface area (Å²) in [6, 6.07) is 0. The zero-order chi connectivity index (χ0) is 8.04. The third-order valence-electron chi connectivity index (χ3n) is 1.45. The molecule has 0 spiro atoms. The molecule has 0 unspecified atom stereocenters. The van der Waals surface area contributed by atoms with Crippen molar-refractivity contribution in [3.05, 3.63) is 12.7 Å². The first-order valence-electron chi connectivity index (χ1n) is 3.89. The van der Waals surface area contributed by atoms with E-state index in [0.717, 1.165) is 25.7 Å². The molecule has 1 nitrogen and oxygen atoms in total. The molecule has 1 heteroatoms. The summed E-state index contributed by atoms with van der Waals surface area (Å²) in [6.07, 6.45) is 6.12. The minimum absolute atomic E-state index is 0.485. The molecule has 0 amide bonds. The summed E-state index contributed by atoms with van der Waals surface area (Å²) < 4.78 is 0. The molecule has 0 aromatic heterocycles. The molecule has 0 saturated carbocycles. The average Bonchev–Trinajstić information content (AvgIpc) is 1.78. The van der Waals surface area contributed by atoms with Crippen LogP contribution in [0.4, 0.5) is 0 Å². The Balaban J connectivity index is 3.12. The van der Waals surface area contributed by atoms with Crippen molar-refractivity contribution in [3.8, 4) is 0 Å². The number of unbranched alkanes of at least 4 members (excludes halogenated alkanes) is 2. The fourth-order valence-corrected chi connectivity index (χ4v) is 0.846. The lowest BCUT2D eigenvalue weighted by atomic mass is 10.0. The van der Waals surface area contributed by atoms with Gasteiger partial charge in [-0.2, -0.15) is 0 Å². The molecule has 10 heavy (non-hydrogen) atoms. The molecule has 0 heterocycles. The number of aliphatic hydroxyl groups is 1. The Kier molecular flexibility index (Phi) is 4.37. The van der Waals surface area contributed by atoms with E-state index in [-0.39, 0.29) is 0 Å². The van der Waals surface area contributed by atoms with Gasteiger partial charge < -0.3 is 5.11 Å². The third kappa shape index (κ3) is 7.70. The molecular weight excluding hydrogens is 124 g/mol. The van der Waals surface area contributed by atoms with Gasteiger partial charge in [-0.3, -0.25) is 0 Å². The highest BCUT2D eigenvalue weighted by Crippen LogP contribution is 2.12. The van der Waals surface area contributed by atoms with Crippen LogP contribution in [0.15, 0.2) is 12.7 Å². The summed E-state index contributed by atoms with van der Waals surface area (Å²) in [5, 5.41) is 9.29. The number of hydrogen-bond donors (Lipinski definition) is 1. The van der Waals surface area contributed by atoms with E-state index in [0.29, 0.717) is 0 Å². The van der Waals surface area contributed by atoms with Gasteiger partial charge in [0.05, 0.1) is 5.60 Å². The van der Waals surface area contributed by atoms with E-state index < -0.39 is 5.60 Å². The molecule has 0 rings (SSSR count). The molecular formula is C9H18O. The second-order valence-corrected chi connectivity index (χ2v) is 3.35. The Morgan fingerprint density at radius 3 is 2.40 bits per heavy atom. The molecule has 60 valence electrons. The molecule has 0 radical (unpaired) electrons. The highest BCUT2D eigenvalue weighted by Gasteiger charge is 2.10. The largest absolute Gasteiger partial charge is 0.390 e. The number of rotatable bonds is 5. The summed E-state index contributed by atoms with van der Waals surface area (Å²) in [4.78, 5) is 0. The number of hydrogen-bond acceptors (Lipinski definition) is 1. The van der Waals surface area contributed by atoms with Gasteiger partial charge in [0.15, 0.2) is 0 Å². The van der Waals surface area contributed by atoms with Crippen LogP contribution in [0.1, 0.15) is 39.5 Å². The SMILES string of the molecule is C=CCCCCC(C)(C)O. The maximum Gasteiger partial charge on any atom is 0.0591 e. The van der Waals surface area contributed by atoms with Crippen molar-refractivity contribution < 1.29 is 5.11 Å². The fraction of sp³-hybridized carbons (Fsp3) is 0.778. The van der Waals surface area contributed by atoms with Gasteiger partial charge in [0.1, 0.15) is 0 Å². The van der Waals surface area contributed by atoms with Crippen LogP contribution >= 0.6 is 0 Å². The van der Waals surface area contributed by atoms with Gasteiger partial charge in [0.2, 0.25) is 0 Å². The first-order chi connectivity index (χ1) is 4.56. The molecule has 0 aliphatic carbocycles. The highest BCUT2D eigenvalue weighted by atomic mass is 16.3. The predicted molar refractivity (Wildman–Crippen MR) is 45.0 cm³/mol. The van der Waals surface area contributed by atoms with Crippen LogP contribution in [-0.2, 0) is 0 Å². The monoisotopic (exact) mass is 142 g/mol. The van der Waals surface area contributed by atoms with Crippen LogP contribution in [0.2, 0.25) is 0 Å². The van der Waals surface area contributed by atoms with Crippen molar-refractivity contribution >= 4 is 0 Å². The Morgan fingerprint density at radius 2 is 2.00 bits per heavy atom. The van der Waals surface area contributed by atoms with Crippen molar-refractivity contribution in [2.24, 2.45) is 0 Å². The number of allylic oxidation sites excluding steroid dienone is 1. The standard InChI is InChI=1S/C9H18O/c1-4-5-6-7-8-9(2,3)10/h4,10H,1,5-8H2,2-3H3. The predicted octanol–water partition coefficient (Wildman–Crippen LogP) is 2.50. The maximum atomic E-state index is 9.29. The summed E-state index contributed by atoms with van der Waals surface area (Å²) >= 11 is 0. The molecule has 1 N–H and O–H groups in total. The van der Waals surface area contributed by atoms with Crippen molar-refractivity contribution in [1.82, 2.24) is 0 Å². The van der Waals surface area contributed by atoms with Gasteiger partial charge in [-0.25, -0.2) is 0 Å². The van der Waals surface area contributed by atoms with Gasteiger partial charge in [0.25, 0.3) is 0 Å². The van der Waals surface area contributed by atoms with Crippen LogP contribution in [-0.4, -0.2) is 10.7 Å². The average molecular weight is 142 g/mol. The minimum Gasteiger partial charge on any atom is -0.390 e. The third-order valence-corrected chi connectivity index (χ3v) is 1.45. The van der Waals surface area contributed by atoms with Gasteiger partial charge >= 0.3 is 0 Å². The zero-order valence-electron chi connectivity index (χ0n) is 7.06. The smallest absolute Gasteiger partial charge is 0.0591 e. The maximum absolute atomic E-state index is 9.29. The van der Waals surface area contributed by atoms with Crippen molar-refractivity contribution in [1.29, 1.82) is 0 Å². The van der Waals surface area contributed by atoms with E-state index in [1.165, 1.54) is 0 Å². The van der Waals surface area contributed by atoms with E-state index in [4.69, 9.17) is 0 Å². The van der Waals surface area contributed by atoms with Crippen LogP contribution in [0.5, 0.6) is 0 Å². The van der Waals surface area contributed by atoms with E-state index in [2.05, 4.69) is 6.58 Å². The van der Waals surface area contributed by atoms with Gasteiger partial charge in [-0.1, -0.05) is 12.5 Å². The second kappa shape index (κ2) is 4.51. The summed E-state index contributed by atoms with van der Waals surface area (Å²) in [7, 11) is 0. The normalized spacial score (nSPS) is 11.5. The Bertz CT molecular complexity index is 89.4. The van der Waals surface area contributed by atoms with Crippen LogP contribution < -0.4 is 0 Å². The van der Waals surface area contributed by atoms with E-state index in [9.17, 15) is 5.11 Å². The fourth-order valence-electron chi connectivity index (χ4n) is 0.846. The Labute approximate surface area is 63.8 Å². The van der Waals surface area contributed by atoms with Gasteiger partial charge in [-0.05, 0) is 33.1 Å². The van der Waals surface area contributed by atoms with Gasteiger partial charge in [0, 0.05) is 0 Å². The van der Waals surface area contributed by atoms with Crippen molar-refractivity contribution in [3.63, 3.8) is 0 Å². The van der Waals surface area contributed by atoms with Crippen LogP contribution in [0.25, 0.3) is 0 Å². The van der Waals surface area contributed by atoms with Gasteiger partial charge in [-0.15, -0.1) is 6.58 Å². The molecule has 0 aliphatic rings.